The molecule has 3 saturated heterocycles. The summed E-state index contributed by atoms with van der Waals surface area (Å²) in [6, 6.07) is 0.983. The standard InChI is InChI=1S/C20H24FN7O12P2S.2H3N/c1-35-13-8-4-36-41(31,32)39-14-11(21)9(38-18(14)28-7-25-12-16(22)23-6-24-17(12)28)5-43-42(33,34)40-15(13)19(37-8)27-3-2-10(29)26-20(27)30;;/h2-3,6-9,11,13-15,18-19H,4-5H2,1H3,(H,31,32)(H,33,34)(H2,22,23,24)(H,26,29,30);2*1H3/t8-,9-,11-,13-,14-,15-,18-,19-;;/m1../s1. The minimum Gasteiger partial charge on any atom is -0.770 e. The Labute approximate surface area is 255 Å². The second-order valence-corrected chi connectivity index (χ2v) is 14.7. The third-order valence-corrected chi connectivity index (χ3v) is 10.8. The molecular formula is C20H30FN9O12P2S. The summed E-state index contributed by atoms with van der Waals surface area (Å²) in [7, 11) is -4.16. The van der Waals surface area contributed by atoms with Gasteiger partial charge in [0.05, 0.1) is 12.9 Å². The molecule has 25 heteroatoms. The van der Waals surface area contributed by atoms with Gasteiger partial charge in [0.2, 0.25) is 0 Å². The van der Waals surface area contributed by atoms with Crippen LogP contribution in [-0.4, -0.2) is 85.2 Å². The minimum atomic E-state index is -5.34. The fourth-order valence-corrected chi connectivity index (χ4v) is 8.55. The van der Waals surface area contributed by atoms with Gasteiger partial charge in [0.15, 0.2) is 36.9 Å². The quantitative estimate of drug-likeness (QED) is 0.246. The molecule has 0 radical (unpaired) electrons. The van der Waals surface area contributed by atoms with Gasteiger partial charge in [0.25, 0.3) is 13.4 Å². The summed E-state index contributed by atoms with van der Waals surface area (Å²) in [5.41, 5.74) is 4.31. The van der Waals surface area contributed by atoms with Gasteiger partial charge in [-0.2, -0.15) is 0 Å². The van der Waals surface area contributed by atoms with Crippen molar-refractivity contribution in [2.45, 2.75) is 49.1 Å². The third-order valence-electron chi connectivity index (χ3n) is 6.90. The number of phosphoric ester groups is 1. The number of nitrogens with two attached hydrogens (primary N) is 1. The molecule has 6 heterocycles. The van der Waals surface area contributed by atoms with Gasteiger partial charge < -0.3 is 55.6 Å². The number of halogens is 1. The Morgan fingerprint density at radius 3 is 2.51 bits per heavy atom. The summed E-state index contributed by atoms with van der Waals surface area (Å²) in [5, 5.41) is 0. The lowest BCUT2D eigenvalue weighted by atomic mass is 10.1. The highest BCUT2D eigenvalue weighted by Gasteiger charge is 2.52. The number of nitrogens with zero attached hydrogens (tertiary/aromatic N) is 5. The van der Waals surface area contributed by atoms with Gasteiger partial charge in [-0.3, -0.25) is 28.0 Å². The van der Waals surface area contributed by atoms with Crippen molar-refractivity contribution in [3.63, 3.8) is 0 Å². The van der Waals surface area contributed by atoms with Crippen LogP contribution in [0.15, 0.2) is 34.5 Å². The largest absolute Gasteiger partial charge is 0.770 e. The van der Waals surface area contributed by atoms with E-state index >= 15 is 4.39 Å². The number of alkyl halides is 1. The molecule has 3 fully saturated rings. The number of aromatic nitrogens is 6. The number of phosphoric acid groups is 1. The number of nitrogens with one attached hydrogen (secondary N) is 1. The number of rotatable bonds is 3. The summed E-state index contributed by atoms with van der Waals surface area (Å²) in [4.78, 5) is 64.1. The molecule has 6 rings (SSSR count). The zero-order valence-corrected chi connectivity index (χ0v) is 26.3. The normalized spacial score (nSPS) is 37.0. The smallest absolute Gasteiger partial charge is 0.330 e. The van der Waals surface area contributed by atoms with Gasteiger partial charge in [-0.05, 0) is 0 Å². The minimum absolute atomic E-state index is 0. The lowest BCUT2D eigenvalue weighted by Gasteiger charge is -2.32. The van der Waals surface area contributed by atoms with Crippen LogP contribution in [0.1, 0.15) is 12.5 Å². The van der Waals surface area contributed by atoms with E-state index in [1.54, 1.807) is 0 Å². The molecule has 3 aromatic rings. The highest BCUT2D eigenvalue weighted by Crippen LogP contribution is 2.57. The van der Waals surface area contributed by atoms with E-state index in [0.717, 1.165) is 23.2 Å². The first-order chi connectivity index (χ1) is 20.4. The zero-order valence-electron chi connectivity index (χ0n) is 23.7. The van der Waals surface area contributed by atoms with Crippen molar-refractivity contribution in [1.82, 2.24) is 41.4 Å². The van der Waals surface area contributed by atoms with E-state index in [-0.39, 0.29) is 40.7 Å². The highest BCUT2D eigenvalue weighted by atomic mass is 32.7. The van der Waals surface area contributed by atoms with E-state index in [1.165, 1.54) is 18.0 Å². The first-order valence-electron chi connectivity index (χ1n) is 12.4. The highest BCUT2D eigenvalue weighted by molar-refractivity contribution is 8.54. The second-order valence-electron chi connectivity index (χ2n) is 9.50. The molecule has 250 valence electrons. The van der Waals surface area contributed by atoms with Crippen LogP contribution in [-0.2, 0) is 36.9 Å². The topological polar surface area (TPSA) is 333 Å². The van der Waals surface area contributed by atoms with Crippen molar-refractivity contribution in [2.24, 2.45) is 0 Å². The molecule has 3 aromatic heterocycles. The van der Waals surface area contributed by atoms with E-state index in [9.17, 15) is 28.5 Å². The first kappa shape index (κ1) is 35.2. The predicted molar refractivity (Wildman–Crippen MR) is 150 cm³/mol. The van der Waals surface area contributed by atoms with Crippen molar-refractivity contribution in [2.75, 3.05) is 25.2 Å². The number of ether oxygens (including phenoxy) is 3. The van der Waals surface area contributed by atoms with E-state index in [1.807, 2.05) is 4.98 Å². The number of nitrogen functional groups attached to an aromatic ring is 1. The SMILES string of the molecule is CO[C@H]1[C@H]2OP(=O)([O-])SC[C@H]3O[C@@H](n4cnc5c(N)ncnc54)[C@H](OP(=O)([O-])OC[C@H]1O[C@H]2n1ccc(=O)[nH]c1=O)[C@@H]3F.[NH4+].[NH4+]. The van der Waals surface area contributed by atoms with Crippen molar-refractivity contribution in [3.8, 4) is 0 Å². The van der Waals surface area contributed by atoms with Gasteiger partial charge in [-0.1, -0.05) is 11.4 Å². The van der Waals surface area contributed by atoms with Gasteiger partial charge in [-0.25, -0.2) is 24.1 Å². The van der Waals surface area contributed by atoms with Crippen molar-refractivity contribution in [1.29, 1.82) is 0 Å². The van der Waals surface area contributed by atoms with Crippen LogP contribution in [0.4, 0.5) is 10.2 Å². The maximum atomic E-state index is 15.7. The van der Waals surface area contributed by atoms with Crippen LogP contribution >= 0.6 is 26.0 Å². The fraction of sp³-hybridized carbons (Fsp3) is 0.550. The van der Waals surface area contributed by atoms with E-state index in [0.29, 0.717) is 0 Å². The Bertz CT molecular complexity index is 1750. The maximum Gasteiger partial charge on any atom is 0.330 e. The van der Waals surface area contributed by atoms with Crippen LogP contribution in [0.2, 0.25) is 0 Å². The Balaban J connectivity index is 0.00000230. The molecule has 3 aliphatic rings. The fourth-order valence-electron chi connectivity index (χ4n) is 5.00. The number of anilines is 1. The van der Waals surface area contributed by atoms with Crippen LogP contribution in [0.3, 0.4) is 0 Å². The molecule has 4 bridgehead atoms. The van der Waals surface area contributed by atoms with Crippen molar-refractivity contribution in [3.05, 3.63) is 45.8 Å². The molecule has 0 spiro atoms. The number of imidazole rings is 1. The molecule has 11 N–H and O–H groups in total. The molecule has 3 aliphatic heterocycles. The van der Waals surface area contributed by atoms with Gasteiger partial charge in [-0.15, -0.1) is 0 Å². The Hall–Kier alpha value is -2.63. The summed E-state index contributed by atoms with van der Waals surface area (Å²) in [6.45, 7) is -5.75. The maximum absolute atomic E-state index is 15.7. The average molecular weight is 702 g/mol. The predicted octanol–water partition coefficient (Wildman–Crippen LogP) is -0.670. The van der Waals surface area contributed by atoms with Crippen molar-refractivity contribution < 1.29 is 51.1 Å². The monoisotopic (exact) mass is 701 g/mol. The lowest BCUT2D eigenvalue weighted by Crippen LogP contribution is -2.40. The van der Waals surface area contributed by atoms with Crippen LogP contribution in [0.25, 0.3) is 11.2 Å². The Morgan fingerprint density at radius 1 is 1.09 bits per heavy atom. The molecule has 0 aromatic carbocycles. The molecule has 10 atom stereocenters. The molecule has 21 nitrogen and oxygen atoms in total. The summed E-state index contributed by atoms with van der Waals surface area (Å²) in [5.74, 6) is -0.585. The zero-order chi connectivity index (χ0) is 30.7. The molecule has 0 amide bonds. The number of aromatic amines is 1. The van der Waals surface area contributed by atoms with Crippen LogP contribution in [0.5, 0.6) is 0 Å². The van der Waals surface area contributed by atoms with Crippen LogP contribution in [0, 0.1) is 0 Å². The van der Waals surface area contributed by atoms with Gasteiger partial charge >= 0.3 is 5.69 Å². The first-order valence-corrected chi connectivity index (χ1v) is 17.0. The number of H-pyrrole nitrogens is 1. The Morgan fingerprint density at radius 2 is 1.80 bits per heavy atom. The molecule has 2 unspecified atom stereocenters. The molecule has 0 aliphatic carbocycles. The van der Waals surface area contributed by atoms with Crippen molar-refractivity contribution >= 4 is 43.0 Å². The second kappa shape index (κ2) is 13.2. The number of methoxy groups -OCH3 is 1. The molecule has 0 saturated carbocycles. The van der Waals surface area contributed by atoms with E-state index in [4.69, 9.17) is 33.5 Å². The van der Waals surface area contributed by atoms with Gasteiger partial charge in [0, 0.05) is 25.1 Å². The summed E-state index contributed by atoms with van der Waals surface area (Å²) >= 11 is 0.180. The number of fused-ring (bicyclic) bond motifs is 5. The average Bonchev–Trinajstić information content (AvgIpc) is 3.60. The Kier molecular flexibility index (Phi) is 10.4. The summed E-state index contributed by atoms with van der Waals surface area (Å²) in [6.07, 6.45) is -9.51. The van der Waals surface area contributed by atoms with Crippen LogP contribution < -0.4 is 39.1 Å². The number of hydrogen-bond acceptors (Lipinski definition) is 17. The molecular weight excluding hydrogens is 671 g/mol. The number of quaternary nitrogens is 2. The van der Waals surface area contributed by atoms with E-state index in [2.05, 4.69) is 15.0 Å². The summed E-state index contributed by atoms with van der Waals surface area (Å²) < 4.78 is 76.4. The van der Waals surface area contributed by atoms with E-state index < -0.39 is 87.4 Å². The van der Waals surface area contributed by atoms with Gasteiger partial charge in [0.1, 0.15) is 42.4 Å². The third kappa shape index (κ3) is 6.76. The lowest BCUT2D eigenvalue weighted by molar-refractivity contribution is -0.236. The number of hydrogen-bond donors (Lipinski definition) is 4. The molecule has 45 heavy (non-hydrogen) atoms.